The lowest BCUT2D eigenvalue weighted by Crippen LogP contribution is -2.13. The van der Waals surface area contributed by atoms with Crippen LogP contribution in [0.2, 0.25) is 0 Å². The quantitative estimate of drug-likeness (QED) is 0.934. The summed E-state index contributed by atoms with van der Waals surface area (Å²) in [5.74, 6) is 0. The van der Waals surface area contributed by atoms with Gasteiger partial charge in [0.15, 0.2) is 0 Å². The van der Waals surface area contributed by atoms with E-state index >= 15 is 0 Å². The molecule has 0 aromatic heterocycles. The fraction of sp³-hybridized carbons (Fsp3) is 0.176. The maximum atomic E-state index is 9.90. The molecule has 0 saturated heterocycles. The van der Waals surface area contributed by atoms with Crippen LogP contribution in [-0.2, 0) is 0 Å². The van der Waals surface area contributed by atoms with Crippen molar-refractivity contribution in [2.45, 2.75) is 13.0 Å². The van der Waals surface area contributed by atoms with Gasteiger partial charge in [-0.15, -0.1) is 0 Å². The largest absolute Gasteiger partial charge is 0.389 e. The molecule has 1 N–H and O–H groups in total. The predicted molar refractivity (Wildman–Crippen MR) is 81.0 cm³/mol. The normalized spacial score (nSPS) is 11.3. The number of nitriles is 2. The van der Waals surface area contributed by atoms with Crippen molar-refractivity contribution in [2.75, 3.05) is 11.9 Å². The predicted octanol–water partition coefficient (Wildman–Crippen LogP) is 3.25. The second-order valence-corrected chi connectivity index (χ2v) is 4.78. The molecule has 2 rings (SSSR count). The maximum Gasteiger partial charge on any atom is 0.0992 e. The molecule has 0 amide bonds. The monoisotopic (exact) mass is 277 g/mol. The molecule has 2 aromatic rings. The number of nitrogens with zero attached hydrogens (tertiary/aromatic N) is 3. The molecule has 104 valence electrons. The molecule has 0 bridgehead atoms. The number of hydrogen-bond acceptors (Lipinski definition) is 4. The van der Waals surface area contributed by atoms with Gasteiger partial charge in [-0.1, -0.05) is 12.1 Å². The lowest BCUT2D eigenvalue weighted by Gasteiger charge is -2.24. The van der Waals surface area contributed by atoms with Gasteiger partial charge in [-0.2, -0.15) is 10.5 Å². The molecule has 0 fully saturated rings. The van der Waals surface area contributed by atoms with Gasteiger partial charge in [0.1, 0.15) is 0 Å². The third-order valence-corrected chi connectivity index (χ3v) is 3.33. The number of anilines is 2. The average molecular weight is 277 g/mol. The van der Waals surface area contributed by atoms with E-state index in [4.69, 9.17) is 10.5 Å². The SMILES string of the molecule is C[C@H](O)c1ccc(C#N)cc1N(C)c1cccc(C#N)c1. The van der Waals surface area contributed by atoms with Crippen LogP contribution in [0.5, 0.6) is 0 Å². The first kappa shape index (κ1) is 14.6. The number of aliphatic hydroxyl groups is 1. The van der Waals surface area contributed by atoms with Gasteiger partial charge in [0, 0.05) is 24.0 Å². The second-order valence-electron chi connectivity index (χ2n) is 4.78. The molecular formula is C17H15N3O. The van der Waals surface area contributed by atoms with Gasteiger partial charge in [-0.25, -0.2) is 0 Å². The van der Waals surface area contributed by atoms with Crippen molar-refractivity contribution in [3.63, 3.8) is 0 Å². The van der Waals surface area contributed by atoms with Crippen LogP contribution in [0.1, 0.15) is 29.7 Å². The summed E-state index contributed by atoms with van der Waals surface area (Å²) in [7, 11) is 1.85. The first-order valence-corrected chi connectivity index (χ1v) is 6.53. The van der Waals surface area contributed by atoms with Crippen LogP contribution in [0.25, 0.3) is 0 Å². The van der Waals surface area contributed by atoms with Crippen LogP contribution >= 0.6 is 0 Å². The van der Waals surface area contributed by atoms with Gasteiger partial charge in [0.05, 0.1) is 29.4 Å². The fourth-order valence-electron chi connectivity index (χ4n) is 2.18. The van der Waals surface area contributed by atoms with Gasteiger partial charge in [-0.05, 0) is 37.3 Å². The summed E-state index contributed by atoms with van der Waals surface area (Å²) in [4.78, 5) is 1.86. The van der Waals surface area contributed by atoms with Crippen molar-refractivity contribution in [1.82, 2.24) is 0 Å². The molecule has 21 heavy (non-hydrogen) atoms. The van der Waals surface area contributed by atoms with Gasteiger partial charge < -0.3 is 10.0 Å². The van der Waals surface area contributed by atoms with Crippen molar-refractivity contribution in [2.24, 2.45) is 0 Å². The summed E-state index contributed by atoms with van der Waals surface area (Å²) in [5.41, 5.74) is 3.40. The number of benzene rings is 2. The molecule has 1 atom stereocenters. The Labute approximate surface area is 124 Å². The zero-order valence-corrected chi connectivity index (χ0v) is 11.9. The Morgan fingerprint density at radius 1 is 1.05 bits per heavy atom. The zero-order valence-electron chi connectivity index (χ0n) is 11.9. The van der Waals surface area contributed by atoms with Crippen molar-refractivity contribution >= 4 is 11.4 Å². The topological polar surface area (TPSA) is 71.0 Å². The summed E-state index contributed by atoms with van der Waals surface area (Å²) in [5, 5.41) is 27.9. The molecule has 0 spiro atoms. The summed E-state index contributed by atoms with van der Waals surface area (Å²) in [6, 6.07) is 16.6. The Balaban J connectivity index is 2.53. The average Bonchev–Trinajstić information content (AvgIpc) is 2.53. The highest BCUT2D eigenvalue weighted by molar-refractivity contribution is 5.68. The van der Waals surface area contributed by atoms with E-state index in [1.807, 2.05) is 18.0 Å². The molecule has 0 heterocycles. The Morgan fingerprint density at radius 3 is 2.33 bits per heavy atom. The van der Waals surface area contributed by atoms with Crippen LogP contribution in [0.3, 0.4) is 0 Å². The van der Waals surface area contributed by atoms with E-state index in [1.165, 1.54) is 0 Å². The number of hydrogen-bond donors (Lipinski definition) is 1. The third kappa shape index (κ3) is 3.02. The molecule has 0 aliphatic carbocycles. The van der Waals surface area contributed by atoms with Crippen molar-refractivity contribution in [3.05, 3.63) is 59.2 Å². The smallest absolute Gasteiger partial charge is 0.0992 e. The molecule has 0 saturated carbocycles. The molecular weight excluding hydrogens is 262 g/mol. The fourth-order valence-corrected chi connectivity index (χ4v) is 2.18. The first-order valence-electron chi connectivity index (χ1n) is 6.53. The summed E-state index contributed by atoms with van der Waals surface area (Å²) in [6.07, 6.45) is -0.644. The summed E-state index contributed by atoms with van der Waals surface area (Å²) >= 11 is 0. The molecule has 2 aromatic carbocycles. The van der Waals surface area contributed by atoms with E-state index in [0.717, 1.165) is 16.9 Å². The molecule has 0 aliphatic heterocycles. The second kappa shape index (κ2) is 6.09. The standard InChI is InChI=1S/C17H15N3O/c1-12(21)16-7-6-14(11-19)9-17(16)20(2)15-5-3-4-13(8-15)10-18/h3-9,12,21H,1-2H3/t12-/m0/s1. The minimum atomic E-state index is -0.644. The van der Waals surface area contributed by atoms with E-state index in [9.17, 15) is 5.11 Å². The Bertz CT molecular complexity index is 738. The minimum Gasteiger partial charge on any atom is -0.389 e. The Morgan fingerprint density at radius 2 is 1.71 bits per heavy atom. The Kier molecular flexibility index (Phi) is 4.23. The molecule has 4 nitrogen and oxygen atoms in total. The van der Waals surface area contributed by atoms with E-state index < -0.39 is 6.10 Å². The molecule has 0 unspecified atom stereocenters. The van der Waals surface area contributed by atoms with Gasteiger partial charge >= 0.3 is 0 Å². The highest BCUT2D eigenvalue weighted by Crippen LogP contribution is 2.32. The number of aliphatic hydroxyl groups excluding tert-OH is 1. The lowest BCUT2D eigenvalue weighted by atomic mass is 10.0. The molecule has 0 radical (unpaired) electrons. The van der Waals surface area contributed by atoms with Gasteiger partial charge in [0.2, 0.25) is 0 Å². The molecule has 4 heteroatoms. The van der Waals surface area contributed by atoms with E-state index in [2.05, 4.69) is 12.1 Å². The lowest BCUT2D eigenvalue weighted by molar-refractivity contribution is 0.200. The van der Waals surface area contributed by atoms with Crippen LogP contribution in [0, 0.1) is 22.7 Å². The minimum absolute atomic E-state index is 0.526. The van der Waals surface area contributed by atoms with Crippen LogP contribution in [0.15, 0.2) is 42.5 Å². The van der Waals surface area contributed by atoms with Crippen molar-refractivity contribution in [3.8, 4) is 12.1 Å². The number of rotatable bonds is 3. The Hall–Kier alpha value is -2.82. The van der Waals surface area contributed by atoms with E-state index in [0.29, 0.717) is 11.1 Å². The van der Waals surface area contributed by atoms with E-state index in [1.54, 1.807) is 43.3 Å². The highest BCUT2D eigenvalue weighted by atomic mass is 16.3. The van der Waals surface area contributed by atoms with E-state index in [-0.39, 0.29) is 0 Å². The van der Waals surface area contributed by atoms with Crippen molar-refractivity contribution in [1.29, 1.82) is 10.5 Å². The molecule has 0 aliphatic rings. The van der Waals surface area contributed by atoms with Gasteiger partial charge in [-0.3, -0.25) is 0 Å². The summed E-state index contributed by atoms with van der Waals surface area (Å²) < 4.78 is 0. The highest BCUT2D eigenvalue weighted by Gasteiger charge is 2.14. The summed E-state index contributed by atoms with van der Waals surface area (Å²) in [6.45, 7) is 1.68. The van der Waals surface area contributed by atoms with Crippen molar-refractivity contribution < 1.29 is 5.11 Å². The first-order chi connectivity index (χ1) is 10.1. The van der Waals surface area contributed by atoms with Crippen LogP contribution < -0.4 is 4.90 Å². The van der Waals surface area contributed by atoms with Crippen LogP contribution in [-0.4, -0.2) is 12.2 Å². The zero-order chi connectivity index (χ0) is 15.4. The third-order valence-electron chi connectivity index (χ3n) is 3.33. The van der Waals surface area contributed by atoms with Crippen LogP contribution in [0.4, 0.5) is 11.4 Å². The van der Waals surface area contributed by atoms with Gasteiger partial charge in [0.25, 0.3) is 0 Å². The maximum absolute atomic E-state index is 9.90.